The van der Waals surface area contributed by atoms with E-state index < -0.39 is 28.3 Å². The maximum Gasteiger partial charge on any atom is 0.339 e. The van der Waals surface area contributed by atoms with Crippen LogP contribution in [0.25, 0.3) is 0 Å². The number of ether oxygens (including phenoxy) is 1. The van der Waals surface area contributed by atoms with Crippen LogP contribution in [0.15, 0.2) is 77.7 Å². The molecule has 0 unspecified atom stereocenters. The van der Waals surface area contributed by atoms with E-state index >= 15 is 0 Å². The Labute approximate surface area is 187 Å². The van der Waals surface area contributed by atoms with Gasteiger partial charge in [-0.25, -0.2) is 13.2 Å². The number of amides is 1. The summed E-state index contributed by atoms with van der Waals surface area (Å²) in [6, 6.07) is 21.2. The molecule has 0 bridgehead atoms. The first-order valence-corrected chi connectivity index (χ1v) is 12.1. The first kappa shape index (κ1) is 21.8. The number of para-hydroxylation sites is 2. The van der Waals surface area contributed by atoms with Crippen LogP contribution in [-0.2, 0) is 32.2 Å². The van der Waals surface area contributed by atoms with Crippen molar-refractivity contribution in [1.82, 2.24) is 0 Å². The van der Waals surface area contributed by atoms with Gasteiger partial charge in [0.15, 0.2) is 16.4 Å². The fourth-order valence-corrected chi connectivity index (χ4v) is 4.96. The topological polar surface area (TPSA) is 80.7 Å². The molecule has 1 heterocycles. The van der Waals surface area contributed by atoms with Gasteiger partial charge in [-0.2, -0.15) is 0 Å². The van der Waals surface area contributed by atoms with E-state index in [4.69, 9.17) is 4.74 Å². The van der Waals surface area contributed by atoms with Crippen LogP contribution in [-0.4, -0.2) is 32.7 Å². The second-order valence-corrected chi connectivity index (χ2v) is 9.71. The van der Waals surface area contributed by atoms with Gasteiger partial charge in [-0.3, -0.25) is 9.69 Å². The predicted octanol–water partition coefficient (Wildman–Crippen LogP) is 4.10. The summed E-state index contributed by atoms with van der Waals surface area (Å²) >= 11 is 0. The highest BCUT2D eigenvalue weighted by Gasteiger charge is 2.27. The third kappa shape index (κ3) is 4.16. The summed E-state index contributed by atoms with van der Waals surface area (Å²) < 4.78 is 30.0. The number of hydrogen-bond acceptors (Lipinski definition) is 5. The van der Waals surface area contributed by atoms with Gasteiger partial charge in [0.05, 0.1) is 27.6 Å². The van der Waals surface area contributed by atoms with E-state index in [9.17, 15) is 18.0 Å². The first-order valence-electron chi connectivity index (χ1n) is 10.4. The van der Waals surface area contributed by atoms with Crippen LogP contribution in [0, 0.1) is 0 Å². The number of esters is 1. The monoisotopic (exact) mass is 449 g/mol. The second kappa shape index (κ2) is 8.96. The maximum absolute atomic E-state index is 13.3. The van der Waals surface area contributed by atoms with Crippen molar-refractivity contribution in [2.75, 3.05) is 17.3 Å². The van der Waals surface area contributed by atoms with Crippen LogP contribution < -0.4 is 4.90 Å². The van der Waals surface area contributed by atoms with Crippen LogP contribution in [0.5, 0.6) is 0 Å². The lowest BCUT2D eigenvalue weighted by Crippen LogP contribution is -2.31. The number of carbonyl (C=O) groups excluding carboxylic acids is 2. The maximum atomic E-state index is 13.3. The normalized spacial score (nSPS) is 13.0. The Morgan fingerprint density at radius 3 is 1.97 bits per heavy atom. The van der Waals surface area contributed by atoms with E-state index in [1.165, 1.54) is 19.1 Å². The molecule has 0 saturated carbocycles. The molecular weight excluding hydrogens is 426 g/mol. The molecule has 0 atom stereocenters. The van der Waals surface area contributed by atoms with Crippen molar-refractivity contribution in [2.24, 2.45) is 0 Å². The Morgan fingerprint density at radius 2 is 1.38 bits per heavy atom. The van der Waals surface area contributed by atoms with Crippen molar-refractivity contribution in [2.45, 2.75) is 24.7 Å². The third-order valence-electron chi connectivity index (χ3n) is 5.53. The lowest BCUT2D eigenvalue weighted by atomic mass is 10.0. The molecule has 0 spiro atoms. The van der Waals surface area contributed by atoms with Gasteiger partial charge >= 0.3 is 5.97 Å². The molecule has 1 aliphatic rings. The Bertz CT molecular complexity index is 1240. The third-order valence-corrected chi connectivity index (χ3v) is 7.31. The number of fused-ring (bicyclic) bond motifs is 2. The predicted molar refractivity (Wildman–Crippen MR) is 122 cm³/mol. The summed E-state index contributed by atoms with van der Waals surface area (Å²) in [5, 5.41) is 0. The Balaban J connectivity index is 1.62. The van der Waals surface area contributed by atoms with Gasteiger partial charge in [0.25, 0.3) is 5.91 Å². The molecular formula is C25H23NO5S. The zero-order valence-corrected chi connectivity index (χ0v) is 18.5. The molecule has 4 rings (SSSR count). The van der Waals surface area contributed by atoms with Gasteiger partial charge < -0.3 is 4.74 Å². The van der Waals surface area contributed by atoms with Crippen molar-refractivity contribution >= 4 is 33.1 Å². The van der Waals surface area contributed by atoms with Crippen LogP contribution in [0.1, 0.15) is 28.4 Å². The fraction of sp³-hybridized carbons (Fsp3) is 0.200. The fourth-order valence-electron chi connectivity index (χ4n) is 3.88. The highest BCUT2D eigenvalue weighted by molar-refractivity contribution is 7.91. The molecule has 3 aromatic carbocycles. The molecule has 7 heteroatoms. The summed E-state index contributed by atoms with van der Waals surface area (Å²) in [6.07, 6.45) is 1.58. The van der Waals surface area contributed by atoms with Gasteiger partial charge in [0.2, 0.25) is 0 Å². The van der Waals surface area contributed by atoms with Gasteiger partial charge in [-0.1, -0.05) is 55.5 Å². The lowest BCUT2D eigenvalue weighted by Gasteiger charge is -2.24. The van der Waals surface area contributed by atoms with E-state index in [-0.39, 0.29) is 16.2 Å². The highest BCUT2D eigenvalue weighted by atomic mass is 32.2. The quantitative estimate of drug-likeness (QED) is 0.548. The molecule has 6 nitrogen and oxygen atoms in total. The summed E-state index contributed by atoms with van der Waals surface area (Å²) in [5.41, 5.74) is 3.50. The SMILES string of the molecule is CCS(=O)(=O)c1ccccc1C(=O)OCC(=O)N1c2ccccc2CCc2ccccc21. The molecule has 32 heavy (non-hydrogen) atoms. The zero-order valence-electron chi connectivity index (χ0n) is 17.7. The molecule has 0 fully saturated rings. The summed E-state index contributed by atoms with van der Waals surface area (Å²) in [6.45, 7) is 0.997. The van der Waals surface area contributed by atoms with Gasteiger partial charge in [-0.15, -0.1) is 0 Å². The minimum absolute atomic E-state index is 0.0705. The molecule has 0 aliphatic carbocycles. The van der Waals surface area contributed by atoms with Crippen LogP contribution >= 0.6 is 0 Å². The number of anilines is 2. The van der Waals surface area contributed by atoms with Crippen molar-refractivity contribution in [3.63, 3.8) is 0 Å². The Hall–Kier alpha value is -3.45. The van der Waals surface area contributed by atoms with Crippen molar-refractivity contribution in [3.8, 4) is 0 Å². The first-order chi connectivity index (χ1) is 15.4. The molecule has 0 aromatic heterocycles. The zero-order chi connectivity index (χ0) is 22.7. The van der Waals surface area contributed by atoms with Crippen molar-refractivity contribution in [1.29, 1.82) is 0 Å². The van der Waals surface area contributed by atoms with Gasteiger partial charge in [0.1, 0.15) is 0 Å². The molecule has 1 amide bonds. The molecule has 1 aliphatic heterocycles. The van der Waals surface area contributed by atoms with E-state index in [0.717, 1.165) is 35.3 Å². The molecule has 164 valence electrons. The molecule has 0 radical (unpaired) electrons. The summed E-state index contributed by atoms with van der Waals surface area (Å²) in [5.74, 6) is -1.39. The Morgan fingerprint density at radius 1 is 0.844 bits per heavy atom. The number of benzene rings is 3. The number of carbonyl (C=O) groups is 2. The van der Waals surface area contributed by atoms with E-state index in [1.807, 2.05) is 48.5 Å². The average Bonchev–Trinajstić information content (AvgIpc) is 2.99. The summed E-state index contributed by atoms with van der Waals surface area (Å²) in [7, 11) is -3.61. The van der Waals surface area contributed by atoms with E-state index in [0.29, 0.717) is 0 Å². The average molecular weight is 450 g/mol. The van der Waals surface area contributed by atoms with E-state index in [2.05, 4.69) is 0 Å². The minimum Gasteiger partial charge on any atom is -0.452 e. The van der Waals surface area contributed by atoms with E-state index in [1.54, 1.807) is 17.0 Å². The minimum atomic E-state index is -3.61. The largest absolute Gasteiger partial charge is 0.452 e. The number of hydrogen-bond donors (Lipinski definition) is 0. The molecule has 3 aromatic rings. The molecule has 0 N–H and O–H groups in total. The number of rotatable bonds is 5. The van der Waals surface area contributed by atoms with Gasteiger partial charge in [0, 0.05) is 0 Å². The Kier molecular flexibility index (Phi) is 6.10. The van der Waals surface area contributed by atoms with Crippen LogP contribution in [0.3, 0.4) is 0 Å². The lowest BCUT2D eigenvalue weighted by molar-refractivity contribution is -0.120. The number of aryl methyl sites for hydroxylation is 2. The van der Waals surface area contributed by atoms with Crippen molar-refractivity contribution in [3.05, 3.63) is 89.5 Å². The number of sulfone groups is 1. The van der Waals surface area contributed by atoms with Crippen LogP contribution in [0.2, 0.25) is 0 Å². The number of nitrogens with zero attached hydrogens (tertiary/aromatic N) is 1. The van der Waals surface area contributed by atoms with Crippen molar-refractivity contribution < 1.29 is 22.7 Å². The smallest absolute Gasteiger partial charge is 0.339 e. The van der Waals surface area contributed by atoms with Crippen LogP contribution in [0.4, 0.5) is 11.4 Å². The summed E-state index contributed by atoms with van der Waals surface area (Å²) in [4.78, 5) is 27.5. The second-order valence-electron chi connectivity index (χ2n) is 7.46. The van der Waals surface area contributed by atoms with Gasteiger partial charge in [-0.05, 0) is 48.2 Å². The highest BCUT2D eigenvalue weighted by Crippen LogP contribution is 2.36. The molecule has 0 saturated heterocycles. The standard InChI is InChI=1S/C25H23NO5S/c1-2-32(29,30)23-14-8-5-11-20(23)25(28)31-17-24(27)26-21-12-6-3-9-18(21)15-16-19-10-4-7-13-22(19)26/h3-14H,2,15-17H2,1H3.